The molecule has 0 aliphatic carbocycles. The third kappa shape index (κ3) is 6.69. The number of sulfone groups is 2. The van der Waals surface area contributed by atoms with Crippen LogP contribution in [0.3, 0.4) is 0 Å². The Morgan fingerprint density at radius 2 is 1.68 bits per heavy atom. The summed E-state index contributed by atoms with van der Waals surface area (Å²) in [5.41, 5.74) is 6.42. The normalized spacial score (nSPS) is 27.7. The first kappa shape index (κ1) is 28.0. The molecule has 0 aromatic heterocycles. The van der Waals surface area contributed by atoms with Gasteiger partial charge in [-0.15, -0.1) is 0 Å². The molecule has 208 valence electrons. The van der Waals surface area contributed by atoms with Crippen LogP contribution in [-0.2, 0) is 19.7 Å². The highest BCUT2D eigenvalue weighted by atomic mass is 32.2. The summed E-state index contributed by atoms with van der Waals surface area (Å²) < 4.78 is 53.0. The predicted octanol–water partition coefficient (Wildman–Crippen LogP) is 1.07. The van der Waals surface area contributed by atoms with E-state index in [0.717, 1.165) is 12.2 Å². The van der Waals surface area contributed by atoms with Gasteiger partial charge >= 0.3 is 6.03 Å². The maximum absolute atomic E-state index is 13.3. The van der Waals surface area contributed by atoms with Crippen molar-refractivity contribution in [2.24, 2.45) is 23.5 Å². The van der Waals surface area contributed by atoms with Crippen molar-refractivity contribution in [3.63, 3.8) is 0 Å². The highest BCUT2D eigenvalue weighted by molar-refractivity contribution is 7.91. The van der Waals surface area contributed by atoms with Crippen molar-refractivity contribution in [1.29, 1.82) is 0 Å². The summed E-state index contributed by atoms with van der Waals surface area (Å²) in [5, 5.41) is 0. The molecular formula is C25H40N4O6S2. The number of urea groups is 1. The van der Waals surface area contributed by atoms with Gasteiger partial charge in [0.05, 0.1) is 29.6 Å². The number of nitrogens with zero attached hydrogens (tertiary/aromatic N) is 3. The summed E-state index contributed by atoms with van der Waals surface area (Å²) in [6, 6.07) is 7.98. The van der Waals surface area contributed by atoms with E-state index in [-0.39, 0.29) is 54.7 Å². The second kappa shape index (κ2) is 11.4. The molecule has 5 rings (SSSR count). The van der Waals surface area contributed by atoms with Crippen LogP contribution < -0.4 is 15.4 Å². The van der Waals surface area contributed by atoms with E-state index in [1.807, 2.05) is 29.2 Å². The number of benzene rings is 1. The van der Waals surface area contributed by atoms with Crippen molar-refractivity contribution in [2.45, 2.75) is 26.3 Å². The number of anilines is 1. The summed E-state index contributed by atoms with van der Waals surface area (Å²) >= 11 is 0. The van der Waals surface area contributed by atoms with Gasteiger partial charge in [0.15, 0.2) is 19.7 Å². The zero-order valence-corrected chi connectivity index (χ0v) is 23.4. The topological polar surface area (TPSA) is 130 Å². The van der Waals surface area contributed by atoms with Gasteiger partial charge in [0.2, 0.25) is 0 Å². The maximum Gasteiger partial charge on any atom is 0.320 e. The molecule has 0 radical (unpaired) electrons. The Labute approximate surface area is 220 Å². The van der Waals surface area contributed by atoms with Crippen molar-refractivity contribution in [3.8, 4) is 5.75 Å². The molecule has 4 aliphatic rings. The van der Waals surface area contributed by atoms with Gasteiger partial charge in [-0.1, -0.05) is 13.8 Å². The number of hydrogen-bond acceptors (Lipinski definition) is 8. The molecule has 0 spiro atoms. The molecule has 2 N–H and O–H groups in total. The second-order valence-electron chi connectivity index (χ2n) is 10.7. The lowest BCUT2D eigenvalue weighted by Gasteiger charge is -2.45. The van der Waals surface area contributed by atoms with E-state index in [1.54, 1.807) is 4.90 Å². The quantitative estimate of drug-likeness (QED) is 0.471. The number of rotatable bonds is 8. The molecule has 2 amide bonds. The zero-order chi connectivity index (χ0) is 26.8. The van der Waals surface area contributed by atoms with Crippen LogP contribution in [0.25, 0.3) is 0 Å². The Bertz CT molecular complexity index is 1140. The van der Waals surface area contributed by atoms with E-state index >= 15 is 0 Å². The average molecular weight is 557 g/mol. The van der Waals surface area contributed by atoms with E-state index in [2.05, 4.69) is 18.7 Å². The van der Waals surface area contributed by atoms with E-state index < -0.39 is 19.7 Å². The Hall–Kier alpha value is -2.05. The molecule has 12 heteroatoms. The largest absolute Gasteiger partial charge is 0.494 e. The van der Waals surface area contributed by atoms with Crippen LogP contribution in [-0.4, -0.2) is 108 Å². The lowest BCUT2D eigenvalue weighted by atomic mass is 9.76. The molecule has 0 saturated carbocycles. The highest BCUT2D eigenvalue weighted by Gasteiger charge is 2.45. The van der Waals surface area contributed by atoms with Crippen molar-refractivity contribution in [1.82, 2.24) is 9.80 Å². The third-order valence-corrected chi connectivity index (χ3v) is 11.6. The monoisotopic (exact) mass is 556 g/mol. The number of amides is 2. The predicted molar refractivity (Wildman–Crippen MR) is 144 cm³/mol. The summed E-state index contributed by atoms with van der Waals surface area (Å²) in [7, 11) is -6.16. The molecule has 10 nitrogen and oxygen atoms in total. The number of piperidine rings is 1. The molecule has 37 heavy (non-hydrogen) atoms. The fraction of sp³-hybridized carbons (Fsp3) is 0.720. The Morgan fingerprint density at radius 1 is 1.00 bits per heavy atom. The standard InChI is InChI=1S/C25H40N4O6S2/c1-19-20(2)24-18-28(25(30)27-9-14-37(33,34)15-10-27)16-21(19)17-29(24)22-4-6-23(7-5-22)35-11-3-12-36(31,32)13-8-26/h4-7,19-21,24H,3,8-18,26H2,1-2H3/t19?,20?,21-,24-/m1/s1. The van der Waals surface area contributed by atoms with Gasteiger partial charge in [0.25, 0.3) is 0 Å². The maximum atomic E-state index is 13.3. The molecule has 2 bridgehead atoms. The molecule has 4 saturated heterocycles. The third-order valence-electron chi connectivity index (χ3n) is 8.22. The molecule has 4 heterocycles. The molecule has 4 aliphatic heterocycles. The van der Waals surface area contributed by atoms with Crippen LogP contribution in [0.5, 0.6) is 5.75 Å². The minimum absolute atomic E-state index is 0.000300. The van der Waals surface area contributed by atoms with Crippen molar-refractivity contribution < 1.29 is 26.4 Å². The van der Waals surface area contributed by atoms with Crippen LogP contribution in [0.4, 0.5) is 10.5 Å². The summed E-state index contributed by atoms with van der Waals surface area (Å²) in [5.74, 6) is 2.02. The van der Waals surface area contributed by atoms with Gasteiger partial charge in [-0.25, -0.2) is 21.6 Å². The van der Waals surface area contributed by atoms with Crippen molar-refractivity contribution in [2.75, 3.05) is 73.8 Å². The van der Waals surface area contributed by atoms with Crippen LogP contribution >= 0.6 is 0 Å². The number of nitrogens with two attached hydrogens (primary N) is 1. The fourth-order valence-corrected chi connectivity index (χ4v) is 8.05. The molecule has 1 aromatic carbocycles. The summed E-state index contributed by atoms with van der Waals surface area (Å²) in [4.78, 5) is 19.4. The molecule has 4 fully saturated rings. The van der Waals surface area contributed by atoms with Crippen LogP contribution in [0.2, 0.25) is 0 Å². The van der Waals surface area contributed by atoms with Crippen LogP contribution in [0.15, 0.2) is 24.3 Å². The van der Waals surface area contributed by atoms with Gasteiger partial charge in [-0.05, 0) is 48.4 Å². The Kier molecular flexibility index (Phi) is 8.59. The number of ether oxygens (including phenoxy) is 1. The highest BCUT2D eigenvalue weighted by Crippen LogP contribution is 2.40. The van der Waals surface area contributed by atoms with Crippen LogP contribution in [0, 0.1) is 17.8 Å². The first-order valence-electron chi connectivity index (χ1n) is 13.1. The number of hydrogen-bond donors (Lipinski definition) is 1. The van der Waals surface area contributed by atoms with Gasteiger partial charge in [0, 0.05) is 51.0 Å². The number of carbonyl (C=O) groups excluding carboxylic acids is 1. The number of fused-ring (bicyclic) bond motifs is 4. The first-order chi connectivity index (χ1) is 17.5. The van der Waals surface area contributed by atoms with Gasteiger partial charge in [-0.3, -0.25) is 0 Å². The summed E-state index contributed by atoms with van der Waals surface area (Å²) in [6.07, 6.45) is 0.419. The van der Waals surface area contributed by atoms with Crippen molar-refractivity contribution in [3.05, 3.63) is 24.3 Å². The SMILES string of the molecule is CC1C(C)[C@H]2CN(C(=O)N3CCS(=O)(=O)CC3)C[C@@H]1CN2c1ccc(OCCCS(=O)(=O)CCN)cc1. The van der Waals surface area contributed by atoms with E-state index in [0.29, 0.717) is 49.6 Å². The minimum atomic E-state index is -3.12. The second-order valence-corrected chi connectivity index (χ2v) is 15.3. The molecular weight excluding hydrogens is 516 g/mol. The fourth-order valence-electron chi connectivity index (χ4n) is 5.73. The number of carbonyl (C=O) groups is 1. The first-order valence-corrected chi connectivity index (χ1v) is 16.8. The van der Waals surface area contributed by atoms with Gasteiger partial charge in [0.1, 0.15) is 5.75 Å². The minimum Gasteiger partial charge on any atom is -0.494 e. The average Bonchev–Trinajstić information content (AvgIpc) is 3.12. The lowest BCUT2D eigenvalue weighted by Crippen LogP contribution is -2.53. The molecule has 4 atom stereocenters. The van der Waals surface area contributed by atoms with Gasteiger partial charge in [-0.2, -0.15) is 0 Å². The Morgan fingerprint density at radius 3 is 2.32 bits per heavy atom. The smallest absolute Gasteiger partial charge is 0.320 e. The lowest BCUT2D eigenvalue weighted by molar-refractivity contribution is 0.152. The van der Waals surface area contributed by atoms with E-state index in [9.17, 15) is 21.6 Å². The van der Waals surface area contributed by atoms with Crippen molar-refractivity contribution >= 4 is 31.4 Å². The van der Waals surface area contributed by atoms with E-state index in [1.165, 1.54) is 0 Å². The Balaban J connectivity index is 1.39. The molecule has 2 unspecified atom stereocenters. The zero-order valence-electron chi connectivity index (χ0n) is 21.8. The summed E-state index contributed by atoms with van der Waals surface area (Å²) in [6.45, 7) is 7.65. The molecule has 1 aromatic rings. The van der Waals surface area contributed by atoms with Crippen LogP contribution in [0.1, 0.15) is 20.3 Å². The van der Waals surface area contributed by atoms with Gasteiger partial charge < -0.3 is 25.2 Å². The van der Waals surface area contributed by atoms with E-state index in [4.69, 9.17) is 10.5 Å².